The molecule has 5 atom stereocenters. The van der Waals surface area contributed by atoms with Crippen LogP contribution in [0.3, 0.4) is 0 Å². The normalized spacial score (nSPS) is 46.4. The molecule has 2 saturated carbocycles. The Balaban J connectivity index is 1.87. The molecule has 0 amide bonds. The highest BCUT2D eigenvalue weighted by Gasteiger charge is 2.77. The van der Waals surface area contributed by atoms with E-state index in [9.17, 15) is 9.59 Å². The van der Waals surface area contributed by atoms with Crippen molar-refractivity contribution in [1.82, 2.24) is 0 Å². The van der Waals surface area contributed by atoms with Gasteiger partial charge in [-0.15, -0.1) is 0 Å². The lowest BCUT2D eigenvalue weighted by Crippen LogP contribution is -2.52. The van der Waals surface area contributed by atoms with E-state index in [1.807, 2.05) is 13.0 Å². The van der Waals surface area contributed by atoms with Gasteiger partial charge in [-0.05, 0) is 24.8 Å². The van der Waals surface area contributed by atoms with Crippen molar-refractivity contribution in [3.05, 3.63) is 24.0 Å². The van der Waals surface area contributed by atoms with Crippen LogP contribution < -0.4 is 0 Å². The smallest absolute Gasteiger partial charge is 0.186 e. The number of carbonyl (C=O) groups excluding carboxylic acids is 2. The third-order valence-electron chi connectivity index (χ3n) is 6.42. The molecule has 0 bridgehead atoms. The minimum absolute atomic E-state index is 0.0647. The van der Waals surface area contributed by atoms with Crippen molar-refractivity contribution >= 4 is 11.6 Å². The van der Waals surface area contributed by atoms with E-state index in [-0.39, 0.29) is 29.0 Å². The van der Waals surface area contributed by atoms with Gasteiger partial charge >= 0.3 is 0 Å². The quantitative estimate of drug-likeness (QED) is 0.748. The highest BCUT2D eigenvalue weighted by Crippen LogP contribution is 2.70. The van der Waals surface area contributed by atoms with Crippen LogP contribution in [0.2, 0.25) is 0 Å². The molecule has 0 aromatic carbocycles. The van der Waals surface area contributed by atoms with Gasteiger partial charge in [0.05, 0.1) is 6.26 Å². The summed E-state index contributed by atoms with van der Waals surface area (Å²) >= 11 is 0. The number of unbranched alkanes of at least 4 members (excludes halogenated alkanes) is 1. The number of ketones is 2. The van der Waals surface area contributed by atoms with Crippen LogP contribution in [0.25, 0.3) is 0 Å². The molecule has 2 spiro atoms. The Morgan fingerprint density at radius 2 is 2.14 bits per heavy atom. The molecule has 1 aliphatic heterocycles. The van der Waals surface area contributed by atoms with Crippen molar-refractivity contribution in [2.45, 2.75) is 51.6 Å². The zero-order valence-electron chi connectivity index (χ0n) is 12.7. The number of rotatable bonds is 3. The van der Waals surface area contributed by atoms with Crippen LogP contribution in [0.1, 0.15) is 46.0 Å². The topological polar surface area (TPSA) is 43.4 Å². The van der Waals surface area contributed by atoms with Crippen molar-refractivity contribution in [2.24, 2.45) is 23.2 Å². The second kappa shape index (κ2) is 4.08. The zero-order valence-corrected chi connectivity index (χ0v) is 12.7. The minimum Gasteiger partial charge on any atom is -0.485 e. The summed E-state index contributed by atoms with van der Waals surface area (Å²) < 4.78 is 6.00. The van der Waals surface area contributed by atoms with E-state index in [0.29, 0.717) is 18.6 Å². The van der Waals surface area contributed by atoms with E-state index in [1.165, 1.54) is 5.57 Å². The average molecular weight is 286 g/mol. The summed E-state index contributed by atoms with van der Waals surface area (Å²) in [5, 5.41) is 0. The van der Waals surface area contributed by atoms with Crippen molar-refractivity contribution in [3.63, 3.8) is 0 Å². The van der Waals surface area contributed by atoms with Gasteiger partial charge in [-0.1, -0.05) is 31.9 Å². The lowest BCUT2D eigenvalue weighted by Gasteiger charge is -2.40. The van der Waals surface area contributed by atoms with E-state index < -0.39 is 5.60 Å². The first kappa shape index (κ1) is 13.3. The molecule has 0 saturated heterocycles. The summed E-state index contributed by atoms with van der Waals surface area (Å²) in [5.74, 6) is 0.623. The standard InChI is InChI=1S/C18H22O3/c1-3-4-5-12-10-17-11(2)15(19)8-13(17)9-16(20)18(17)14(12)6-7-21-18/h6-7,10-11,13-14H,3-5,8-9H2,1-2H3/t11-,13+,14+,17+,18-/m0/s1. The largest absolute Gasteiger partial charge is 0.485 e. The van der Waals surface area contributed by atoms with Gasteiger partial charge in [-0.2, -0.15) is 0 Å². The van der Waals surface area contributed by atoms with Crippen LogP contribution in [0, 0.1) is 23.2 Å². The fourth-order valence-corrected chi connectivity index (χ4v) is 5.48. The number of hydrogen-bond donors (Lipinski definition) is 0. The summed E-state index contributed by atoms with van der Waals surface area (Å²) in [6.45, 7) is 4.18. The molecule has 0 N–H and O–H groups in total. The summed E-state index contributed by atoms with van der Waals surface area (Å²) in [5.41, 5.74) is 0.162. The van der Waals surface area contributed by atoms with Gasteiger partial charge in [0.25, 0.3) is 0 Å². The van der Waals surface area contributed by atoms with Gasteiger partial charge in [-0.3, -0.25) is 9.59 Å². The Kier molecular flexibility index (Phi) is 2.59. The van der Waals surface area contributed by atoms with E-state index in [0.717, 1.165) is 19.3 Å². The molecule has 0 radical (unpaired) electrons. The van der Waals surface area contributed by atoms with Gasteiger partial charge in [0.2, 0.25) is 0 Å². The third-order valence-corrected chi connectivity index (χ3v) is 6.42. The molecular weight excluding hydrogens is 264 g/mol. The lowest BCUT2D eigenvalue weighted by atomic mass is 9.66. The Morgan fingerprint density at radius 3 is 2.90 bits per heavy atom. The van der Waals surface area contributed by atoms with Crippen molar-refractivity contribution in [2.75, 3.05) is 0 Å². The summed E-state index contributed by atoms with van der Waals surface area (Å²) in [6.07, 6.45) is 10.4. The Labute approximate surface area is 125 Å². The van der Waals surface area contributed by atoms with Gasteiger partial charge in [0.1, 0.15) is 5.78 Å². The third kappa shape index (κ3) is 1.27. The number of hydrogen-bond acceptors (Lipinski definition) is 3. The Hall–Kier alpha value is -1.38. The molecule has 3 aliphatic carbocycles. The minimum atomic E-state index is -0.785. The van der Waals surface area contributed by atoms with Crippen molar-refractivity contribution < 1.29 is 14.3 Å². The highest BCUT2D eigenvalue weighted by atomic mass is 16.5. The van der Waals surface area contributed by atoms with Gasteiger partial charge in [-0.25, -0.2) is 0 Å². The van der Waals surface area contributed by atoms with Crippen LogP contribution in [0.5, 0.6) is 0 Å². The van der Waals surface area contributed by atoms with Crippen LogP contribution in [-0.2, 0) is 14.3 Å². The molecule has 4 rings (SSSR count). The lowest BCUT2D eigenvalue weighted by molar-refractivity contribution is -0.145. The highest BCUT2D eigenvalue weighted by molar-refractivity contribution is 6.00. The SMILES string of the molecule is CCCCC1=C[C@]23[C@H](CC(=O)[C@@H]2C)CC(=O)[C@]32OC=C[C@H]12. The molecule has 4 aliphatic rings. The number of ether oxygens (including phenoxy) is 1. The molecule has 21 heavy (non-hydrogen) atoms. The van der Waals surface area contributed by atoms with Gasteiger partial charge in [0.15, 0.2) is 11.4 Å². The maximum Gasteiger partial charge on any atom is 0.186 e. The predicted molar refractivity (Wildman–Crippen MR) is 78.4 cm³/mol. The molecule has 1 heterocycles. The maximum atomic E-state index is 12.8. The number of carbonyl (C=O) groups is 2. The summed E-state index contributed by atoms with van der Waals surface area (Å²) in [6, 6.07) is 0. The molecule has 3 nitrogen and oxygen atoms in total. The predicted octanol–water partition coefficient (Wildman–Crippen LogP) is 3.20. The molecular formula is C18H22O3. The van der Waals surface area contributed by atoms with Crippen LogP contribution in [0.15, 0.2) is 24.0 Å². The average Bonchev–Trinajstić information content (AvgIpc) is 3.11. The Morgan fingerprint density at radius 1 is 1.33 bits per heavy atom. The monoisotopic (exact) mass is 286 g/mol. The second-order valence-corrected chi connectivity index (χ2v) is 7.13. The fraction of sp³-hybridized carbons (Fsp3) is 0.667. The van der Waals surface area contributed by atoms with E-state index >= 15 is 0 Å². The molecule has 3 heteroatoms. The zero-order chi connectivity index (χ0) is 14.8. The van der Waals surface area contributed by atoms with Crippen LogP contribution >= 0.6 is 0 Å². The van der Waals surface area contributed by atoms with Gasteiger partial charge < -0.3 is 4.74 Å². The maximum absolute atomic E-state index is 12.8. The fourth-order valence-electron chi connectivity index (χ4n) is 5.48. The van der Waals surface area contributed by atoms with Crippen molar-refractivity contribution in [3.8, 4) is 0 Å². The number of Topliss-reactive ketones (excluding diaryl/α,β-unsaturated/α-hetero) is 2. The van der Waals surface area contributed by atoms with Crippen LogP contribution in [-0.4, -0.2) is 17.2 Å². The summed E-state index contributed by atoms with van der Waals surface area (Å²) in [4.78, 5) is 25.2. The molecule has 2 fully saturated rings. The van der Waals surface area contributed by atoms with E-state index in [4.69, 9.17) is 4.74 Å². The molecule has 0 unspecified atom stereocenters. The molecule has 112 valence electrons. The first-order valence-corrected chi connectivity index (χ1v) is 8.20. The van der Waals surface area contributed by atoms with Crippen molar-refractivity contribution in [1.29, 1.82) is 0 Å². The molecule has 0 aromatic heterocycles. The second-order valence-electron chi connectivity index (χ2n) is 7.13. The summed E-state index contributed by atoms with van der Waals surface area (Å²) in [7, 11) is 0. The van der Waals surface area contributed by atoms with Gasteiger partial charge in [0, 0.05) is 30.1 Å². The van der Waals surface area contributed by atoms with E-state index in [2.05, 4.69) is 13.0 Å². The Bertz CT molecular complexity index is 587. The first-order valence-electron chi connectivity index (χ1n) is 8.20. The van der Waals surface area contributed by atoms with E-state index in [1.54, 1.807) is 6.26 Å². The first-order chi connectivity index (χ1) is 10.1. The van der Waals surface area contributed by atoms with Crippen LogP contribution in [0.4, 0.5) is 0 Å². The molecule has 0 aromatic rings.